The minimum atomic E-state index is -0.888. The van der Waals surface area contributed by atoms with Crippen LogP contribution < -0.4 is 5.32 Å². The molecule has 0 fully saturated rings. The van der Waals surface area contributed by atoms with Crippen molar-refractivity contribution < 1.29 is 18.0 Å². The fourth-order valence-corrected chi connectivity index (χ4v) is 3.25. The van der Waals surface area contributed by atoms with Crippen LogP contribution in [0.2, 0.25) is 0 Å². The van der Waals surface area contributed by atoms with Crippen molar-refractivity contribution in [1.82, 2.24) is 4.98 Å². The highest BCUT2D eigenvalue weighted by Crippen LogP contribution is 2.22. The zero-order chi connectivity index (χ0) is 18.5. The van der Waals surface area contributed by atoms with Crippen LogP contribution >= 0.6 is 11.3 Å². The number of aryl methyl sites for hydroxylation is 1. The first-order valence-electron chi connectivity index (χ1n) is 7.92. The molecule has 0 atom stereocenters. The first kappa shape index (κ1) is 18.1. The van der Waals surface area contributed by atoms with E-state index in [9.17, 15) is 18.0 Å². The molecule has 1 heterocycles. The summed E-state index contributed by atoms with van der Waals surface area (Å²) in [6, 6.07) is 9.76. The quantitative estimate of drug-likeness (QED) is 0.676. The van der Waals surface area contributed by atoms with Gasteiger partial charge < -0.3 is 5.32 Å². The number of nitrogens with zero attached hydrogens (tertiary/aromatic N) is 1. The van der Waals surface area contributed by atoms with E-state index in [0.717, 1.165) is 22.6 Å². The van der Waals surface area contributed by atoms with Gasteiger partial charge in [-0.2, -0.15) is 0 Å². The summed E-state index contributed by atoms with van der Waals surface area (Å²) >= 11 is 1.28. The highest BCUT2D eigenvalue weighted by atomic mass is 32.1. The number of carbonyl (C=O) groups excluding carboxylic acids is 1. The molecule has 1 amide bonds. The van der Waals surface area contributed by atoms with Crippen LogP contribution in [0.4, 0.5) is 18.3 Å². The standard InChI is InChI=1S/C19H15F3N2OS/c20-14-5-1-12(2-6-14)4-8-18(25)24-19-23-11-15(26-19)9-13-3-7-16(21)17(22)10-13/h1-3,5-7,10-11H,4,8-9H2,(H,23,24,25). The summed E-state index contributed by atoms with van der Waals surface area (Å²) in [5.41, 5.74) is 1.50. The number of benzene rings is 2. The largest absolute Gasteiger partial charge is 0.302 e. The van der Waals surface area contributed by atoms with Crippen LogP contribution in [-0.4, -0.2) is 10.9 Å². The summed E-state index contributed by atoms with van der Waals surface area (Å²) in [6.07, 6.45) is 2.75. The second kappa shape index (κ2) is 8.14. The predicted octanol–water partition coefficient (Wildman–Crippen LogP) is 4.72. The van der Waals surface area contributed by atoms with Gasteiger partial charge in [0.2, 0.25) is 5.91 Å². The lowest BCUT2D eigenvalue weighted by Crippen LogP contribution is -2.12. The summed E-state index contributed by atoms with van der Waals surface area (Å²) in [5.74, 6) is -2.27. The minimum absolute atomic E-state index is 0.192. The average Bonchev–Trinajstić information content (AvgIpc) is 3.04. The van der Waals surface area contributed by atoms with Gasteiger partial charge in [0, 0.05) is 23.9 Å². The number of thiazole rings is 1. The summed E-state index contributed by atoms with van der Waals surface area (Å²) in [6.45, 7) is 0. The molecule has 0 saturated carbocycles. The van der Waals surface area contributed by atoms with Gasteiger partial charge in [-0.15, -0.1) is 11.3 Å². The molecule has 0 aliphatic rings. The molecule has 0 saturated heterocycles. The zero-order valence-corrected chi connectivity index (χ0v) is 14.5. The maximum Gasteiger partial charge on any atom is 0.226 e. The molecule has 26 heavy (non-hydrogen) atoms. The van der Waals surface area contributed by atoms with E-state index in [1.165, 1.54) is 29.5 Å². The van der Waals surface area contributed by atoms with E-state index in [1.807, 2.05) is 0 Å². The van der Waals surface area contributed by atoms with Crippen molar-refractivity contribution in [1.29, 1.82) is 0 Å². The highest BCUT2D eigenvalue weighted by molar-refractivity contribution is 7.15. The molecule has 0 spiro atoms. The molecule has 1 N–H and O–H groups in total. The third kappa shape index (κ3) is 4.92. The molecule has 3 rings (SSSR count). The van der Waals surface area contributed by atoms with E-state index in [0.29, 0.717) is 23.5 Å². The van der Waals surface area contributed by atoms with Crippen LogP contribution in [0.3, 0.4) is 0 Å². The molecular formula is C19H15F3N2OS. The average molecular weight is 376 g/mol. The van der Waals surface area contributed by atoms with Gasteiger partial charge in [-0.05, 0) is 41.8 Å². The summed E-state index contributed by atoms with van der Waals surface area (Å²) < 4.78 is 39.0. The Balaban J connectivity index is 1.53. The van der Waals surface area contributed by atoms with Crippen molar-refractivity contribution in [2.75, 3.05) is 5.32 Å². The van der Waals surface area contributed by atoms with Crippen LogP contribution in [0, 0.1) is 17.5 Å². The lowest BCUT2D eigenvalue weighted by Gasteiger charge is -2.02. The van der Waals surface area contributed by atoms with Gasteiger partial charge in [-0.25, -0.2) is 18.2 Å². The smallest absolute Gasteiger partial charge is 0.226 e. The Labute approximate surface area is 152 Å². The molecule has 0 unspecified atom stereocenters. The van der Waals surface area contributed by atoms with E-state index in [4.69, 9.17) is 0 Å². The topological polar surface area (TPSA) is 42.0 Å². The lowest BCUT2D eigenvalue weighted by molar-refractivity contribution is -0.116. The Morgan fingerprint density at radius 3 is 2.46 bits per heavy atom. The Hall–Kier alpha value is -2.67. The fraction of sp³-hybridized carbons (Fsp3) is 0.158. The van der Waals surface area contributed by atoms with Crippen LogP contribution in [0.25, 0.3) is 0 Å². The Morgan fingerprint density at radius 2 is 1.73 bits per heavy atom. The Morgan fingerprint density at radius 1 is 1.00 bits per heavy atom. The van der Waals surface area contributed by atoms with Crippen molar-refractivity contribution in [3.05, 3.63) is 82.1 Å². The highest BCUT2D eigenvalue weighted by Gasteiger charge is 2.09. The minimum Gasteiger partial charge on any atom is -0.302 e. The van der Waals surface area contributed by atoms with Crippen LogP contribution in [-0.2, 0) is 17.6 Å². The molecule has 3 nitrogen and oxygen atoms in total. The van der Waals surface area contributed by atoms with Gasteiger partial charge in [-0.1, -0.05) is 18.2 Å². The number of nitrogens with one attached hydrogen (secondary N) is 1. The molecule has 3 aromatic rings. The number of carbonyl (C=O) groups is 1. The van der Waals surface area contributed by atoms with Crippen LogP contribution in [0.5, 0.6) is 0 Å². The molecule has 0 aliphatic heterocycles. The molecule has 7 heteroatoms. The van der Waals surface area contributed by atoms with Gasteiger partial charge in [0.1, 0.15) is 5.82 Å². The number of amides is 1. The second-order valence-corrected chi connectivity index (χ2v) is 6.85. The first-order valence-corrected chi connectivity index (χ1v) is 8.74. The van der Waals surface area contributed by atoms with Gasteiger partial charge in [0.05, 0.1) is 0 Å². The molecule has 1 aromatic heterocycles. The molecule has 2 aromatic carbocycles. The molecular weight excluding hydrogens is 361 g/mol. The SMILES string of the molecule is O=C(CCc1ccc(F)cc1)Nc1ncc(Cc2ccc(F)c(F)c2)s1. The van der Waals surface area contributed by atoms with Gasteiger partial charge in [-0.3, -0.25) is 4.79 Å². The summed E-state index contributed by atoms with van der Waals surface area (Å²) in [7, 11) is 0. The second-order valence-electron chi connectivity index (χ2n) is 5.73. The number of hydrogen-bond acceptors (Lipinski definition) is 3. The Bertz CT molecular complexity index is 909. The predicted molar refractivity (Wildman–Crippen MR) is 94.6 cm³/mol. The monoisotopic (exact) mass is 376 g/mol. The number of hydrogen-bond donors (Lipinski definition) is 1. The van der Waals surface area contributed by atoms with E-state index < -0.39 is 11.6 Å². The number of halogens is 3. The van der Waals surface area contributed by atoms with E-state index >= 15 is 0 Å². The van der Waals surface area contributed by atoms with Crippen molar-refractivity contribution in [3.63, 3.8) is 0 Å². The third-order valence-electron chi connectivity index (χ3n) is 3.72. The first-order chi connectivity index (χ1) is 12.5. The van der Waals surface area contributed by atoms with Crippen molar-refractivity contribution in [2.45, 2.75) is 19.3 Å². The van der Waals surface area contributed by atoms with Crippen molar-refractivity contribution in [2.24, 2.45) is 0 Å². The van der Waals surface area contributed by atoms with Crippen molar-refractivity contribution in [3.8, 4) is 0 Å². The number of rotatable bonds is 6. The summed E-state index contributed by atoms with van der Waals surface area (Å²) in [5, 5.41) is 3.16. The summed E-state index contributed by atoms with van der Waals surface area (Å²) in [4.78, 5) is 16.9. The van der Waals surface area contributed by atoms with Crippen LogP contribution in [0.15, 0.2) is 48.7 Å². The van der Waals surface area contributed by atoms with E-state index in [-0.39, 0.29) is 18.1 Å². The number of anilines is 1. The van der Waals surface area contributed by atoms with Gasteiger partial charge in [0.25, 0.3) is 0 Å². The zero-order valence-electron chi connectivity index (χ0n) is 13.6. The maximum atomic E-state index is 13.2. The van der Waals surface area contributed by atoms with Crippen LogP contribution in [0.1, 0.15) is 22.4 Å². The third-order valence-corrected chi connectivity index (χ3v) is 4.63. The van der Waals surface area contributed by atoms with Crippen molar-refractivity contribution >= 4 is 22.4 Å². The Kier molecular flexibility index (Phi) is 5.68. The maximum absolute atomic E-state index is 13.2. The normalized spacial score (nSPS) is 10.7. The lowest BCUT2D eigenvalue weighted by atomic mass is 10.1. The molecule has 134 valence electrons. The number of aromatic nitrogens is 1. The molecule has 0 bridgehead atoms. The van der Waals surface area contributed by atoms with E-state index in [1.54, 1.807) is 18.3 Å². The van der Waals surface area contributed by atoms with Gasteiger partial charge >= 0.3 is 0 Å². The molecule has 0 radical (unpaired) electrons. The van der Waals surface area contributed by atoms with Gasteiger partial charge in [0.15, 0.2) is 16.8 Å². The molecule has 0 aliphatic carbocycles. The fourth-order valence-electron chi connectivity index (χ4n) is 2.39. The van der Waals surface area contributed by atoms with E-state index in [2.05, 4.69) is 10.3 Å².